The fourth-order valence-corrected chi connectivity index (χ4v) is 2.83. The minimum atomic E-state index is 0.0674. The van der Waals surface area contributed by atoms with Crippen molar-refractivity contribution in [3.05, 3.63) is 36.2 Å². The summed E-state index contributed by atoms with van der Waals surface area (Å²) < 4.78 is 10.3. The van der Waals surface area contributed by atoms with E-state index in [0.29, 0.717) is 11.4 Å². The lowest BCUT2D eigenvalue weighted by Crippen LogP contribution is -2.49. The third-order valence-electron chi connectivity index (χ3n) is 4.27. The van der Waals surface area contributed by atoms with Crippen LogP contribution >= 0.6 is 0 Å². The molecule has 7 nitrogen and oxygen atoms in total. The number of carbonyl (C=O) groups is 1. The first-order valence-corrected chi connectivity index (χ1v) is 8.63. The summed E-state index contributed by atoms with van der Waals surface area (Å²) in [7, 11) is 0. The molecule has 2 aromatic rings. The number of nitrogens with zero attached hydrogens (tertiary/aromatic N) is 4. The molecule has 0 aliphatic carbocycles. The van der Waals surface area contributed by atoms with E-state index in [9.17, 15) is 4.79 Å². The van der Waals surface area contributed by atoms with Crippen molar-refractivity contribution in [1.82, 2.24) is 19.9 Å². The molecule has 1 fully saturated rings. The Morgan fingerprint density at radius 2 is 1.92 bits per heavy atom. The first-order chi connectivity index (χ1) is 12.1. The van der Waals surface area contributed by atoms with Crippen LogP contribution in [0, 0.1) is 0 Å². The summed E-state index contributed by atoms with van der Waals surface area (Å²) >= 11 is 0. The van der Waals surface area contributed by atoms with E-state index in [2.05, 4.69) is 15.0 Å². The Hall–Kier alpha value is -2.25. The topological polar surface area (TPSA) is 71.7 Å². The summed E-state index contributed by atoms with van der Waals surface area (Å²) in [5.74, 6) is 0.592. The van der Waals surface area contributed by atoms with Gasteiger partial charge < -0.3 is 14.2 Å². The summed E-state index contributed by atoms with van der Waals surface area (Å²) in [4.78, 5) is 20.9. The van der Waals surface area contributed by atoms with Crippen LogP contribution in [0.2, 0.25) is 0 Å². The highest BCUT2D eigenvalue weighted by molar-refractivity contribution is 5.94. The van der Waals surface area contributed by atoms with Gasteiger partial charge in [0, 0.05) is 43.9 Å². The molecule has 0 unspecified atom stereocenters. The lowest BCUT2D eigenvalue weighted by molar-refractivity contribution is 0.0407. The number of piperazine rings is 1. The number of benzene rings is 1. The molecule has 3 rings (SSSR count). The van der Waals surface area contributed by atoms with E-state index in [1.165, 1.54) is 6.39 Å². The van der Waals surface area contributed by atoms with Crippen LogP contribution in [0.5, 0.6) is 0 Å². The Morgan fingerprint density at radius 3 is 2.52 bits per heavy atom. The molecular formula is C18H24N4O3. The zero-order valence-electron chi connectivity index (χ0n) is 14.7. The van der Waals surface area contributed by atoms with E-state index in [4.69, 9.17) is 9.26 Å². The zero-order chi connectivity index (χ0) is 17.6. The maximum Gasteiger partial charge on any atom is 0.253 e. The predicted octanol–water partition coefficient (Wildman–Crippen LogP) is 1.92. The summed E-state index contributed by atoms with van der Waals surface area (Å²) in [6.07, 6.45) is 1.55. The molecule has 1 saturated heterocycles. The molecular weight excluding hydrogens is 320 g/mol. The number of carbonyl (C=O) groups excluding carboxylic acids is 1. The van der Waals surface area contributed by atoms with Crippen LogP contribution < -0.4 is 0 Å². The molecule has 134 valence electrons. The monoisotopic (exact) mass is 344 g/mol. The summed E-state index contributed by atoms with van der Waals surface area (Å²) in [6, 6.07) is 7.32. The number of rotatable bonds is 6. The lowest BCUT2D eigenvalue weighted by Gasteiger charge is -2.34. The fraction of sp³-hybridized carbons (Fsp3) is 0.500. The molecule has 0 saturated carbocycles. The van der Waals surface area contributed by atoms with Gasteiger partial charge in [-0.15, -0.1) is 0 Å². The highest BCUT2D eigenvalue weighted by atomic mass is 16.5. The second kappa shape index (κ2) is 8.22. The molecule has 0 radical (unpaired) electrons. The molecule has 0 spiro atoms. The average molecular weight is 344 g/mol. The van der Waals surface area contributed by atoms with Gasteiger partial charge >= 0.3 is 0 Å². The van der Waals surface area contributed by atoms with Crippen LogP contribution in [0.3, 0.4) is 0 Å². The Kier molecular flexibility index (Phi) is 5.78. The average Bonchev–Trinajstić information content (AvgIpc) is 3.16. The molecule has 1 aromatic heterocycles. The van der Waals surface area contributed by atoms with Crippen LogP contribution in [0.1, 0.15) is 24.2 Å². The van der Waals surface area contributed by atoms with Crippen molar-refractivity contribution in [3.63, 3.8) is 0 Å². The molecule has 25 heavy (non-hydrogen) atoms. The third-order valence-corrected chi connectivity index (χ3v) is 4.27. The normalized spacial score (nSPS) is 15.7. The Bertz CT molecular complexity index is 662. The molecule has 1 aliphatic rings. The van der Waals surface area contributed by atoms with Gasteiger partial charge in [0.1, 0.15) is 0 Å². The molecule has 2 heterocycles. The van der Waals surface area contributed by atoms with Gasteiger partial charge in [-0.1, -0.05) is 17.3 Å². The predicted molar refractivity (Wildman–Crippen MR) is 93.2 cm³/mol. The number of aromatic nitrogens is 2. The number of hydrogen-bond donors (Lipinski definition) is 0. The van der Waals surface area contributed by atoms with E-state index in [1.807, 2.05) is 43.0 Å². The Morgan fingerprint density at radius 1 is 1.20 bits per heavy atom. The van der Waals surface area contributed by atoms with Crippen molar-refractivity contribution in [2.45, 2.75) is 20.0 Å². The molecule has 1 amide bonds. The molecule has 7 heteroatoms. The minimum Gasteiger partial charge on any atom is -0.377 e. The lowest BCUT2D eigenvalue weighted by atomic mass is 10.1. The van der Waals surface area contributed by atoms with Crippen LogP contribution in [0.25, 0.3) is 11.4 Å². The molecule has 1 aromatic carbocycles. The van der Waals surface area contributed by atoms with Gasteiger partial charge in [-0.2, -0.15) is 4.98 Å². The van der Waals surface area contributed by atoms with E-state index in [-0.39, 0.29) is 12.0 Å². The van der Waals surface area contributed by atoms with E-state index in [1.54, 1.807) is 0 Å². The van der Waals surface area contributed by atoms with E-state index in [0.717, 1.165) is 44.9 Å². The number of amides is 1. The van der Waals surface area contributed by atoms with Gasteiger partial charge in [0.25, 0.3) is 5.91 Å². The maximum atomic E-state index is 12.6. The van der Waals surface area contributed by atoms with Gasteiger partial charge in [-0.3, -0.25) is 9.69 Å². The zero-order valence-corrected chi connectivity index (χ0v) is 14.7. The molecule has 0 atom stereocenters. The van der Waals surface area contributed by atoms with Crippen LogP contribution in [-0.2, 0) is 4.74 Å². The second-order valence-electron chi connectivity index (χ2n) is 6.39. The van der Waals surface area contributed by atoms with Gasteiger partial charge in [-0.05, 0) is 26.0 Å². The third kappa shape index (κ3) is 4.64. The van der Waals surface area contributed by atoms with Crippen LogP contribution in [0.4, 0.5) is 0 Å². The molecule has 0 bridgehead atoms. The molecule has 1 aliphatic heterocycles. The SMILES string of the molecule is CC(C)OCCN1CCN(C(=O)c2ccc(-c3ncon3)cc2)CC1. The Labute approximate surface area is 147 Å². The number of ether oxygens (including phenoxy) is 1. The first-order valence-electron chi connectivity index (χ1n) is 8.63. The van der Waals surface area contributed by atoms with Crippen LogP contribution in [0.15, 0.2) is 35.2 Å². The van der Waals surface area contributed by atoms with Gasteiger partial charge in [0.15, 0.2) is 0 Å². The van der Waals surface area contributed by atoms with Crippen LogP contribution in [-0.4, -0.2) is 71.3 Å². The molecule has 0 N–H and O–H groups in total. The van der Waals surface area contributed by atoms with Gasteiger partial charge in [0.2, 0.25) is 12.2 Å². The van der Waals surface area contributed by atoms with Crippen molar-refractivity contribution >= 4 is 5.91 Å². The summed E-state index contributed by atoms with van der Waals surface area (Å²) in [5, 5.41) is 3.80. The second-order valence-corrected chi connectivity index (χ2v) is 6.39. The van der Waals surface area contributed by atoms with Crippen molar-refractivity contribution in [2.24, 2.45) is 0 Å². The van der Waals surface area contributed by atoms with E-state index >= 15 is 0 Å². The summed E-state index contributed by atoms with van der Waals surface area (Å²) in [6.45, 7) is 8.99. The highest BCUT2D eigenvalue weighted by Gasteiger charge is 2.22. The van der Waals surface area contributed by atoms with Gasteiger partial charge in [-0.25, -0.2) is 0 Å². The Balaban J connectivity index is 1.51. The maximum absolute atomic E-state index is 12.6. The van der Waals surface area contributed by atoms with Crippen molar-refractivity contribution in [3.8, 4) is 11.4 Å². The number of hydrogen-bond acceptors (Lipinski definition) is 6. The van der Waals surface area contributed by atoms with E-state index < -0.39 is 0 Å². The van der Waals surface area contributed by atoms with Crippen molar-refractivity contribution in [2.75, 3.05) is 39.3 Å². The quantitative estimate of drug-likeness (QED) is 0.797. The largest absolute Gasteiger partial charge is 0.377 e. The van der Waals surface area contributed by atoms with Crippen molar-refractivity contribution < 1.29 is 14.1 Å². The minimum absolute atomic E-state index is 0.0674. The highest BCUT2D eigenvalue weighted by Crippen LogP contribution is 2.16. The standard InChI is InChI=1S/C18H24N4O3/c1-14(2)24-12-11-21-7-9-22(10-8-21)18(23)16-5-3-15(4-6-16)17-19-13-25-20-17/h3-6,13-14H,7-12H2,1-2H3. The smallest absolute Gasteiger partial charge is 0.253 e. The fourth-order valence-electron chi connectivity index (χ4n) is 2.83. The van der Waals surface area contributed by atoms with Gasteiger partial charge in [0.05, 0.1) is 12.7 Å². The van der Waals surface area contributed by atoms with Crippen molar-refractivity contribution in [1.29, 1.82) is 0 Å². The summed E-state index contributed by atoms with van der Waals surface area (Å²) in [5.41, 5.74) is 1.52. The first kappa shape index (κ1) is 17.6.